The average Bonchev–Trinajstić information content (AvgIpc) is 2.27. The van der Waals surface area contributed by atoms with Crippen molar-refractivity contribution in [1.29, 1.82) is 0 Å². The summed E-state index contributed by atoms with van der Waals surface area (Å²) in [4.78, 5) is 11.7. The molecule has 0 radical (unpaired) electrons. The SMILES string of the molecule is C=CCC(N)C(=O)Nc1cccc(NS(C)(=O)=O)c1. The standard InChI is InChI=1S/C12H17N3O3S/c1-3-5-11(13)12(16)14-9-6-4-7-10(8-9)15-19(2,17)18/h3-4,6-8,11,15H,1,5,13H2,2H3,(H,14,16). The first-order valence-corrected chi connectivity index (χ1v) is 7.46. The maximum absolute atomic E-state index is 11.7. The zero-order chi connectivity index (χ0) is 14.5. The molecule has 104 valence electrons. The summed E-state index contributed by atoms with van der Waals surface area (Å²) in [5, 5.41) is 2.61. The number of carbonyl (C=O) groups is 1. The van der Waals surface area contributed by atoms with Gasteiger partial charge in [-0.3, -0.25) is 9.52 Å². The number of rotatable bonds is 6. The molecule has 0 saturated carbocycles. The molecule has 1 aromatic carbocycles. The number of sulfonamides is 1. The lowest BCUT2D eigenvalue weighted by Gasteiger charge is -2.11. The van der Waals surface area contributed by atoms with Crippen molar-refractivity contribution >= 4 is 27.3 Å². The zero-order valence-corrected chi connectivity index (χ0v) is 11.4. The number of amides is 1. The maximum Gasteiger partial charge on any atom is 0.241 e. The van der Waals surface area contributed by atoms with Crippen LogP contribution in [0.5, 0.6) is 0 Å². The van der Waals surface area contributed by atoms with Crippen LogP contribution < -0.4 is 15.8 Å². The van der Waals surface area contributed by atoms with Gasteiger partial charge in [0.2, 0.25) is 15.9 Å². The van der Waals surface area contributed by atoms with E-state index in [0.29, 0.717) is 17.8 Å². The predicted octanol–water partition coefficient (Wildman–Crippen LogP) is 0.900. The lowest BCUT2D eigenvalue weighted by Crippen LogP contribution is -2.35. The highest BCUT2D eigenvalue weighted by Gasteiger charge is 2.12. The second-order valence-corrected chi connectivity index (χ2v) is 5.82. The highest BCUT2D eigenvalue weighted by Crippen LogP contribution is 2.16. The van der Waals surface area contributed by atoms with E-state index >= 15 is 0 Å². The minimum atomic E-state index is -3.35. The molecule has 0 aliphatic heterocycles. The Morgan fingerprint density at radius 1 is 1.47 bits per heavy atom. The van der Waals surface area contributed by atoms with Crippen molar-refractivity contribution in [3.63, 3.8) is 0 Å². The normalized spacial score (nSPS) is 12.5. The van der Waals surface area contributed by atoms with Crippen molar-refractivity contribution in [2.24, 2.45) is 5.73 Å². The quantitative estimate of drug-likeness (QED) is 0.675. The molecule has 1 rings (SSSR count). The van der Waals surface area contributed by atoms with Crippen LogP contribution in [0, 0.1) is 0 Å². The van der Waals surface area contributed by atoms with Crippen molar-refractivity contribution in [2.75, 3.05) is 16.3 Å². The van der Waals surface area contributed by atoms with Gasteiger partial charge in [-0.25, -0.2) is 8.42 Å². The van der Waals surface area contributed by atoms with E-state index in [2.05, 4.69) is 16.6 Å². The van der Waals surface area contributed by atoms with Crippen LogP contribution >= 0.6 is 0 Å². The van der Waals surface area contributed by atoms with Crippen molar-refractivity contribution in [3.8, 4) is 0 Å². The maximum atomic E-state index is 11.7. The molecular weight excluding hydrogens is 266 g/mol. The van der Waals surface area contributed by atoms with Gasteiger partial charge < -0.3 is 11.1 Å². The molecule has 0 bridgehead atoms. The van der Waals surface area contributed by atoms with Gasteiger partial charge >= 0.3 is 0 Å². The third-order valence-corrected chi connectivity index (χ3v) is 2.80. The largest absolute Gasteiger partial charge is 0.325 e. The van der Waals surface area contributed by atoms with Crippen LogP contribution in [0.2, 0.25) is 0 Å². The number of carbonyl (C=O) groups excluding carboxylic acids is 1. The van der Waals surface area contributed by atoms with Crippen molar-refractivity contribution in [3.05, 3.63) is 36.9 Å². The van der Waals surface area contributed by atoms with Crippen LogP contribution in [0.15, 0.2) is 36.9 Å². The van der Waals surface area contributed by atoms with Gasteiger partial charge in [-0.2, -0.15) is 0 Å². The Morgan fingerprint density at radius 2 is 2.11 bits per heavy atom. The van der Waals surface area contributed by atoms with E-state index in [1.54, 1.807) is 24.3 Å². The summed E-state index contributed by atoms with van der Waals surface area (Å²) < 4.78 is 24.5. The second-order valence-electron chi connectivity index (χ2n) is 4.08. The first-order valence-electron chi connectivity index (χ1n) is 5.57. The third-order valence-electron chi connectivity index (χ3n) is 2.19. The first-order chi connectivity index (χ1) is 8.81. The molecule has 0 saturated heterocycles. The second kappa shape index (κ2) is 6.35. The molecule has 1 atom stereocenters. The van der Waals surface area contributed by atoms with Gasteiger partial charge in [-0.05, 0) is 24.6 Å². The third kappa shape index (κ3) is 5.54. The Morgan fingerprint density at radius 3 is 2.68 bits per heavy atom. The monoisotopic (exact) mass is 283 g/mol. The fourth-order valence-electron chi connectivity index (χ4n) is 1.40. The van der Waals surface area contributed by atoms with E-state index in [1.807, 2.05) is 0 Å². The van der Waals surface area contributed by atoms with Crippen LogP contribution in [0.1, 0.15) is 6.42 Å². The number of hydrogen-bond acceptors (Lipinski definition) is 4. The highest BCUT2D eigenvalue weighted by atomic mass is 32.2. The summed E-state index contributed by atoms with van der Waals surface area (Å²) in [5.74, 6) is -0.351. The molecule has 0 spiro atoms. The summed E-state index contributed by atoms with van der Waals surface area (Å²) in [6, 6.07) is 5.69. The fourth-order valence-corrected chi connectivity index (χ4v) is 1.95. The lowest BCUT2D eigenvalue weighted by atomic mass is 10.2. The molecule has 4 N–H and O–H groups in total. The van der Waals surface area contributed by atoms with E-state index in [1.165, 1.54) is 6.07 Å². The summed E-state index contributed by atoms with van der Waals surface area (Å²) in [7, 11) is -3.35. The average molecular weight is 283 g/mol. The molecule has 1 amide bonds. The van der Waals surface area contributed by atoms with E-state index in [9.17, 15) is 13.2 Å². The number of benzene rings is 1. The molecule has 6 nitrogen and oxygen atoms in total. The van der Waals surface area contributed by atoms with Crippen molar-refractivity contribution in [2.45, 2.75) is 12.5 Å². The van der Waals surface area contributed by atoms with Gasteiger partial charge in [-0.15, -0.1) is 6.58 Å². The summed E-state index contributed by atoms with van der Waals surface area (Å²) >= 11 is 0. The summed E-state index contributed by atoms with van der Waals surface area (Å²) in [6.07, 6.45) is 2.98. The van der Waals surface area contributed by atoms with E-state index in [-0.39, 0.29) is 5.91 Å². The van der Waals surface area contributed by atoms with E-state index < -0.39 is 16.1 Å². The van der Waals surface area contributed by atoms with Crippen LogP contribution in [0.3, 0.4) is 0 Å². The summed E-state index contributed by atoms with van der Waals surface area (Å²) in [6.45, 7) is 3.51. The van der Waals surface area contributed by atoms with E-state index in [0.717, 1.165) is 6.26 Å². The lowest BCUT2D eigenvalue weighted by molar-refractivity contribution is -0.117. The molecule has 1 unspecified atom stereocenters. The van der Waals surface area contributed by atoms with Gasteiger partial charge in [0.1, 0.15) is 0 Å². The first kappa shape index (κ1) is 15.2. The number of anilines is 2. The van der Waals surface area contributed by atoms with Crippen LogP contribution in [-0.2, 0) is 14.8 Å². The van der Waals surface area contributed by atoms with Crippen molar-refractivity contribution in [1.82, 2.24) is 0 Å². The molecule has 1 aromatic rings. The Balaban J connectivity index is 2.77. The Hall–Kier alpha value is -1.86. The predicted molar refractivity (Wildman–Crippen MR) is 76.3 cm³/mol. The van der Waals surface area contributed by atoms with Crippen molar-refractivity contribution < 1.29 is 13.2 Å². The molecule has 0 aromatic heterocycles. The van der Waals surface area contributed by atoms with Crippen LogP contribution in [0.25, 0.3) is 0 Å². The fraction of sp³-hybridized carbons (Fsp3) is 0.250. The van der Waals surface area contributed by atoms with Gasteiger partial charge in [0.15, 0.2) is 0 Å². The minimum absolute atomic E-state index is 0.351. The Bertz CT molecular complexity index is 569. The van der Waals surface area contributed by atoms with E-state index in [4.69, 9.17) is 5.73 Å². The van der Waals surface area contributed by atoms with Crippen LogP contribution in [-0.4, -0.2) is 26.6 Å². The van der Waals surface area contributed by atoms with Gasteiger partial charge in [0.05, 0.1) is 18.0 Å². The van der Waals surface area contributed by atoms with Gasteiger partial charge in [0.25, 0.3) is 0 Å². The Kier molecular flexibility index (Phi) is 5.08. The number of nitrogens with two attached hydrogens (primary N) is 1. The zero-order valence-electron chi connectivity index (χ0n) is 10.6. The molecule has 0 aliphatic rings. The Labute approximate surface area is 112 Å². The van der Waals surface area contributed by atoms with Crippen LogP contribution in [0.4, 0.5) is 11.4 Å². The molecule has 0 fully saturated rings. The molecule has 19 heavy (non-hydrogen) atoms. The minimum Gasteiger partial charge on any atom is -0.325 e. The molecule has 0 aliphatic carbocycles. The van der Waals surface area contributed by atoms with Gasteiger partial charge in [-0.1, -0.05) is 12.1 Å². The molecular formula is C12H17N3O3S. The number of nitrogens with one attached hydrogen (secondary N) is 2. The molecule has 0 heterocycles. The van der Waals surface area contributed by atoms with Gasteiger partial charge in [0, 0.05) is 5.69 Å². The smallest absolute Gasteiger partial charge is 0.241 e. The highest BCUT2D eigenvalue weighted by molar-refractivity contribution is 7.92. The number of hydrogen-bond donors (Lipinski definition) is 3. The summed E-state index contributed by atoms with van der Waals surface area (Å²) in [5.41, 5.74) is 6.46. The molecule has 7 heteroatoms. The topological polar surface area (TPSA) is 101 Å².